The Morgan fingerprint density at radius 1 is 1.29 bits per heavy atom. The molecule has 5 nitrogen and oxygen atoms in total. The van der Waals surface area contributed by atoms with E-state index in [1.165, 1.54) is 0 Å². The van der Waals surface area contributed by atoms with Gasteiger partial charge >= 0.3 is 5.97 Å². The van der Waals surface area contributed by atoms with E-state index in [-0.39, 0.29) is 12.3 Å². The molecule has 0 spiro atoms. The van der Waals surface area contributed by atoms with Crippen molar-refractivity contribution in [3.63, 3.8) is 0 Å². The first-order chi connectivity index (χ1) is 10.1. The van der Waals surface area contributed by atoms with E-state index in [0.29, 0.717) is 36.4 Å². The highest BCUT2D eigenvalue weighted by Crippen LogP contribution is 2.20. The van der Waals surface area contributed by atoms with Gasteiger partial charge in [-0.25, -0.2) is 4.79 Å². The molecule has 21 heavy (non-hydrogen) atoms. The predicted molar refractivity (Wildman–Crippen MR) is 77.3 cm³/mol. The third-order valence-electron chi connectivity index (χ3n) is 3.57. The molecule has 1 aromatic heterocycles. The molecule has 1 aliphatic rings. The smallest absolute Gasteiger partial charge is 0.332 e. The van der Waals surface area contributed by atoms with Crippen LogP contribution in [0.4, 0.5) is 0 Å². The molecule has 1 N–H and O–H groups in total. The van der Waals surface area contributed by atoms with Crippen LogP contribution in [0.15, 0.2) is 46.4 Å². The highest BCUT2D eigenvalue weighted by Gasteiger charge is 2.21. The van der Waals surface area contributed by atoms with E-state index < -0.39 is 5.97 Å². The van der Waals surface area contributed by atoms with Gasteiger partial charge in [0, 0.05) is 24.0 Å². The lowest BCUT2D eigenvalue weighted by atomic mass is 10.1. The van der Waals surface area contributed by atoms with E-state index in [1.54, 1.807) is 12.1 Å². The summed E-state index contributed by atoms with van der Waals surface area (Å²) in [5, 5.41) is 9.90. The van der Waals surface area contributed by atoms with Gasteiger partial charge in [-0.05, 0) is 18.6 Å². The molecule has 0 saturated heterocycles. The van der Waals surface area contributed by atoms with E-state index in [2.05, 4.69) is 0 Å². The minimum absolute atomic E-state index is 0.127. The van der Waals surface area contributed by atoms with Crippen LogP contribution in [0, 0.1) is 0 Å². The monoisotopic (exact) mass is 285 g/mol. The van der Waals surface area contributed by atoms with Gasteiger partial charge in [0.15, 0.2) is 5.76 Å². The van der Waals surface area contributed by atoms with Gasteiger partial charge in [0.2, 0.25) is 5.78 Å². The number of para-hydroxylation sites is 1. The van der Waals surface area contributed by atoms with Crippen LogP contribution in [0.2, 0.25) is 0 Å². The highest BCUT2D eigenvalue weighted by atomic mass is 16.4. The first kappa shape index (κ1) is 13.6. The van der Waals surface area contributed by atoms with Crippen molar-refractivity contribution in [1.82, 2.24) is 4.90 Å². The molecule has 108 valence electrons. The third kappa shape index (κ3) is 2.87. The molecule has 1 aliphatic heterocycles. The summed E-state index contributed by atoms with van der Waals surface area (Å²) in [5.74, 6) is -0.726. The number of aliphatic carboxylic acids is 1. The van der Waals surface area contributed by atoms with Gasteiger partial charge < -0.3 is 9.52 Å². The first-order valence-corrected chi connectivity index (χ1v) is 6.80. The van der Waals surface area contributed by atoms with Crippen molar-refractivity contribution in [3.8, 4) is 0 Å². The Bertz CT molecular complexity index is 696. The van der Waals surface area contributed by atoms with Crippen molar-refractivity contribution in [2.45, 2.75) is 6.42 Å². The molecular formula is C16H15NO4. The fourth-order valence-corrected chi connectivity index (χ4v) is 2.50. The van der Waals surface area contributed by atoms with Crippen LogP contribution in [0.1, 0.15) is 17.0 Å². The molecule has 0 amide bonds. The quantitative estimate of drug-likeness (QED) is 0.873. The zero-order valence-electron chi connectivity index (χ0n) is 11.4. The Labute approximate surface area is 121 Å². The molecule has 5 heteroatoms. The van der Waals surface area contributed by atoms with Gasteiger partial charge in [0.05, 0.1) is 6.54 Å². The average molecular weight is 285 g/mol. The van der Waals surface area contributed by atoms with Crippen molar-refractivity contribution in [3.05, 3.63) is 47.7 Å². The first-order valence-electron chi connectivity index (χ1n) is 6.80. The lowest BCUT2D eigenvalue weighted by Gasteiger charge is -2.24. The SMILES string of the molecule is O=C(O)C1=CCCN(CC(=O)c2cc3ccccc3o2)C1. The lowest BCUT2D eigenvalue weighted by Crippen LogP contribution is -2.36. The molecule has 2 aromatic rings. The number of benzene rings is 1. The molecule has 0 aliphatic carbocycles. The molecule has 0 unspecified atom stereocenters. The summed E-state index contributed by atoms with van der Waals surface area (Å²) in [7, 11) is 0. The average Bonchev–Trinajstić information content (AvgIpc) is 2.91. The summed E-state index contributed by atoms with van der Waals surface area (Å²) in [4.78, 5) is 25.1. The van der Waals surface area contributed by atoms with Crippen molar-refractivity contribution in [1.29, 1.82) is 0 Å². The van der Waals surface area contributed by atoms with Gasteiger partial charge in [0.25, 0.3) is 0 Å². The zero-order valence-corrected chi connectivity index (χ0v) is 11.4. The van der Waals surface area contributed by atoms with Gasteiger partial charge in [-0.15, -0.1) is 0 Å². The number of carboxylic acids is 1. The van der Waals surface area contributed by atoms with E-state index in [4.69, 9.17) is 9.52 Å². The van der Waals surface area contributed by atoms with E-state index >= 15 is 0 Å². The maximum Gasteiger partial charge on any atom is 0.332 e. The number of hydrogen-bond donors (Lipinski definition) is 1. The Balaban J connectivity index is 1.71. The van der Waals surface area contributed by atoms with E-state index in [0.717, 1.165) is 5.39 Å². The number of hydrogen-bond acceptors (Lipinski definition) is 4. The summed E-state index contributed by atoms with van der Waals surface area (Å²) in [5.41, 5.74) is 1.03. The highest BCUT2D eigenvalue weighted by molar-refractivity contribution is 5.99. The number of ketones is 1. The Morgan fingerprint density at radius 3 is 2.86 bits per heavy atom. The van der Waals surface area contributed by atoms with Crippen LogP contribution in [-0.2, 0) is 4.79 Å². The minimum atomic E-state index is -0.920. The second-order valence-electron chi connectivity index (χ2n) is 5.11. The Kier molecular flexibility index (Phi) is 3.58. The maximum absolute atomic E-state index is 12.3. The molecule has 1 aromatic carbocycles. The van der Waals surface area contributed by atoms with Crippen molar-refractivity contribution in [2.24, 2.45) is 0 Å². The van der Waals surface area contributed by atoms with Crippen LogP contribution in [0.3, 0.4) is 0 Å². The second-order valence-corrected chi connectivity index (χ2v) is 5.11. The van der Waals surface area contributed by atoms with Gasteiger partial charge in [0.1, 0.15) is 5.58 Å². The van der Waals surface area contributed by atoms with Crippen LogP contribution in [0.5, 0.6) is 0 Å². The van der Waals surface area contributed by atoms with Gasteiger partial charge in [-0.1, -0.05) is 24.3 Å². The number of furan rings is 1. The summed E-state index contributed by atoms with van der Waals surface area (Å²) < 4.78 is 5.54. The van der Waals surface area contributed by atoms with Gasteiger partial charge in [-0.2, -0.15) is 0 Å². The molecule has 0 radical (unpaired) electrons. The number of fused-ring (bicyclic) bond motifs is 1. The predicted octanol–water partition coefficient (Wildman–Crippen LogP) is 2.33. The number of Topliss-reactive ketones (excluding diaryl/α,β-unsaturated/α-hetero) is 1. The fraction of sp³-hybridized carbons (Fsp3) is 0.250. The molecule has 0 bridgehead atoms. The van der Waals surface area contributed by atoms with Gasteiger partial charge in [-0.3, -0.25) is 9.69 Å². The number of carbonyl (C=O) groups excluding carboxylic acids is 1. The Hall–Kier alpha value is -2.40. The summed E-state index contributed by atoms with van der Waals surface area (Å²) in [6, 6.07) is 9.19. The topological polar surface area (TPSA) is 70.8 Å². The molecule has 0 atom stereocenters. The van der Waals surface area contributed by atoms with Crippen molar-refractivity contribution < 1.29 is 19.1 Å². The number of carboxylic acid groups (broad SMARTS) is 1. The summed E-state index contributed by atoms with van der Waals surface area (Å²) in [6.07, 6.45) is 2.36. The van der Waals surface area contributed by atoms with E-state index in [1.807, 2.05) is 29.2 Å². The summed E-state index contributed by atoms with van der Waals surface area (Å²) in [6.45, 7) is 1.15. The zero-order chi connectivity index (χ0) is 14.8. The summed E-state index contributed by atoms with van der Waals surface area (Å²) >= 11 is 0. The van der Waals surface area contributed by atoms with Crippen LogP contribution in [-0.4, -0.2) is 41.4 Å². The number of carbonyl (C=O) groups is 2. The molecular weight excluding hydrogens is 270 g/mol. The standard InChI is InChI=1S/C16H15NO4/c18-13(10-17-7-3-5-12(9-17)16(19)20)15-8-11-4-1-2-6-14(11)21-15/h1-2,4-6,8H,3,7,9-10H2,(H,19,20). The second kappa shape index (κ2) is 5.54. The van der Waals surface area contributed by atoms with Crippen molar-refractivity contribution >= 4 is 22.7 Å². The van der Waals surface area contributed by atoms with Crippen LogP contribution < -0.4 is 0 Å². The normalized spacial score (nSPS) is 15.9. The Morgan fingerprint density at radius 2 is 2.10 bits per heavy atom. The van der Waals surface area contributed by atoms with Crippen LogP contribution >= 0.6 is 0 Å². The third-order valence-corrected chi connectivity index (χ3v) is 3.57. The minimum Gasteiger partial charge on any atom is -0.478 e. The largest absolute Gasteiger partial charge is 0.478 e. The number of nitrogens with zero attached hydrogens (tertiary/aromatic N) is 1. The molecule has 3 rings (SSSR count). The molecule has 0 saturated carbocycles. The fourth-order valence-electron chi connectivity index (χ4n) is 2.50. The number of rotatable bonds is 4. The lowest BCUT2D eigenvalue weighted by molar-refractivity contribution is -0.133. The van der Waals surface area contributed by atoms with E-state index in [9.17, 15) is 9.59 Å². The van der Waals surface area contributed by atoms with Crippen molar-refractivity contribution in [2.75, 3.05) is 19.6 Å². The molecule has 2 heterocycles. The van der Waals surface area contributed by atoms with Crippen LogP contribution in [0.25, 0.3) is 11.0 Å². The maximum atomic E-state index is 12.3. The molecule has 0 fully saturated rings.